The van der Waals surface area contributed by atoms with Crippen molar-refractivity contribution in [1.82, 2.24) is 5.32 Å². The number of rotatable bonds is 5. The summed E-state index contributed by atoms with van der Waals surface area (Å²) in [6.45, 7) is 4.37. The van der Waals surface area contributed by atoms with Crippen LogP contribution in [0.2, 0.25) is 0 Å². The molecule has 17 heavy (non-hydrogen) atoms. The maximum absolute atomic E-state index is 11.1. The summed E-state index contributed by atoms with van der Waals surface area (Å²) in [5.41, 5.74) is 0.979. The van der Waals surface area contributed by atoms with Crippen LogP contribution in [0, 0.1) is 11.3 Å². The molecule has 0 unspecified atom stereocenters. The van der Waals surface area contributed by atoms with E-state index in [1.807, 2.05) is 38.1 Å². The zero-order valence-electron chi connectivity index (χ0n) is 10.1. The molecule has 0 atom stereocenters. The van der Waals surface area contributed by atoms with E-state index in [1.165, 1.54) is 0 Å². The van der Waals surface area contributed by atoms with E-state index in [0.717, 1.165) is 11.3 Å². The van der Waals surface area contributed by atoms with Crippen molar-refractivity contribution in [3.05, 3.63) is 29.8 Å². The van der Waals surface area contributed by atoms with Gasteiger partial charge in [0, 0.05) is 6.54 Å². The standard InChI is InChI=1S/C13H16N2O2/c1-10(2)17-12-5-3-11(4-6-12)9-15-13(16)7-8-14/h3-6,10H,7,9H2,1-2H3,(H,15,16). The van der Waals surface area contributed by atoms with E-state index in [9.17, 15) is 4.79 Å². The number of carbonyl (C=O) groups excluding carboxylic acids is 1. The fourth-order valence-electron chi connectivity index (χ4n) is 1.29. The predicted molar refractivity (Wildman–Crippen MR) is 64.3 cm³/mol. The molecule has 90 valence electrons. The van der Waals surface area contributed by atoms with Crippen LogP contribution in [0.3, 0.4) is 0 Å². The second-order valence-electron chi connectivity index (χ2n) is 3.92. The molecular weight excluding hydrogens is 216 g/mol. The molecule has 0 aliphatic heterocycles. The number of nitrogens with zero attached hydrogens (tertiary/aromatic N) is 1. The Morgan fingerprint density at radius 3 is 2.59 bits per heavy atom. The molecule has 0 spiro atoms. The van der Waals surface area contributed by atoms with Gasteiger partial charge in [-0.05, 0) is 31.5 Å². The van der Waals surface area contributed by atoms with Crippen molar-refractivity contribution in [3.63, 3.8) is 0 Å². The number of benzene rings is 1. The second kappa shape index (κ2) is 6.54. The highest BCUT2D eigenvalue weighted by atomic mass is 16.5. The number of ether oxygens (including phenoxy) is 1. The highest BCUT2D eigenvalue weighted by Gasteiger charge is 2.01. The molecule has 0 fully saturated rings. The van der Waals surface area contributed by atoms with Crippen molar-refractivity contribution in [2.75, 3.05) is 0 Å². The van der Waals surface area contributed by atoms with Gasteiger partial charge in [-0.3, -0.25) is 4.79 Å². The largest absolute Gasteiger partial charge is 0.491 e. The molecule has 0 aliphatic carbocycles. The van der Waals surface area contributed by atoms with Crippen LogP contribution in [-0.2, 0) is 11.3 Å². The third kappa shape index (κ3) is 5.03. The molecule has 1 aromatic rings. The van der Waals surface area contributed by atoms with Gasteiger partial charge in [0.25, 0.3) is 0 Å². The Labute approximate surface area is 101 Å². The van der Waals surface area contributed by atoms with Crippen LogP contribution in [0.4, 0.5) is 0 Å². The van der Waals surface area contributed by atoms with Crippen LogP contribution in [0.25, 0.3) is 0 Å². The average molecular weight is 232 g/mol. The van der Waals surface area contributed by atoms with Gasteiger partial charge in [0.2, 0.25) is 5.91 Å². The minimum Gasteiger partial charge on any atom is -0.491 e. The third-order valence-electron chi connectivity index (χ3n) is 2.02. The molecule has 0 aromatic heterocycles. The average Bonchev–Trinajstić information content (AvgIpc) is 2.28. The van der Waals surface area contributed by atoms with Gasteiger partial charge >= 0.3 is 0 Å². The summed E-state index contributed by atoms with van der Waals surface area (Å²) in [4.78, 5) is 11.1. The lowest BCUT2D eigenvalue weighted by atomic mass is 10.2. The molecule has 4 nitrogen and oxygen atoms in total. The monoisotopic (exact) mass is 232 g/mol. The van der Waals surface area contributed by atoms with Crippen LogP contribution in [-0.4, -0.2) is 12.0 Å². The normalized spacial score (nSPS) is 9.76. The van der Waals surface area contributed by atoms with Crippen molar-refractivity contribution in [2.24, 2.45) is 0 Å². The third-order valence-corrected chi connectivity index (χ3v) is 2.02. The molecule has 1 aromatic carbocycles. The smallest absolute Gasteiger partial charge is 0.234 e. The molecule has 0 bridgehead atoms. The summed E-state index contributed by atoms with van der Waals surface area (Å²) in [7, 11) is 0. The number of nitriles is 1. The predicted octanol–water partition coefficient (Wildman–Crippen LogP) is 2.00. The zero-order valence-corrected chi connectivity index (χ0v) is 10.1. The first kappa shape index (κ1) is 13.0. The molecule has 1 N–H and O–H groups in total. The van der Waals surface area contributed by atoms with Crippen molar-refractivity contribution < 1.29 is 9.53 Å². The highest BCUT2D eigenvalue weighted by molar-refractivity contribution is 5.77. The molecule has 0 heterocycles. The number of hydrogen-bond acceptors (Lipinski definition) is 3. The van der Waals surface area contributed by atoms with Gasteiger partial charge in [-0.2, -0.15) is 5.26 Å². The Hall–Kier alpha value is -2.02. The Bertz CT molecular complexity index is 404. The molecule has 0 saturated heterocycles. The Morgan fingerprint density at radius 2 is 2.06 bits per heavy atom. The van der Waals surface area contributed by atoms with E-state index in [2.05, 4.69) is 5.32 Å². The Balaban J connectivity index is 2.46. The summed E-state index contributed by atoms with van der Waals surface area (Å²) in [6, 6.07) is 9.32. The number of hydrogen-bond donors (Lipinski definition) is 1. The second-order valence-corrected chi connectivity index (χ2v) is 3.92. The van der Waals surface area contributed by atoms with E-state index in [4.69, 9.17) is 10.00 Å². The molecule has 0 radical (unpaired) electrons. The molecule has 4 heteroatoms. The first-order valence-electron chi connectivity index (χ1n) is 5.51. The van der Waals surface area contributed by atoms with E-state index in [0.29, 0.717) is 6.54 Å². The highest BCUT2D eigenvalue weighted by Crippen LogP contribution is 2.13. The maximum Gasteiger partial charge on any atom is 0.234 e. The quantitative estimate of drug-likeness (QED) is 0.844. The SMILES string of the molecule is CC(C)Oc1ccc(CNC(=O)CC#N)cc1. The molecule has 0 aliphatic rings. The number of carbonyl (C=O) groups is 1. The van der Waals surface area contributed by atoms with Crippen LogP contribution in [0.5, 0.6) is 5.75 Å². The topological polar surface area (TPSA) is 62.1 Å². The lowest BCUT2D eigenvalue weighted by Crippen LogP contribution is -2.21. The van der Waals surface area contributed by atoms with Gasteiger partial charge in [-0.1, -0.05) is 12.1 Å². The van der Waals surface area contributed by atoms with Crippen molar-refractivity contribution in [3.8, 4) is 11.8 Å². The summed E-state index contributed by atoms with van der Waals surface area (Å²) < 4.78 is 5.50. The van der Waals surface area contributed by atoms with Crippen molar-refractivity contribution in [2.45, 2.75) is 32.9 Å². The van der Waals surface area contributed by atoms with Gasteiger partial charge in [0.1, 0.15) is 12.2 Å². The summed E-state index contributed by atoms with van der Waals surface area (Å²) >= 11 is 0. The van der Waals surface area contributed by atoms with Crippen LogP contribution in [0.15, 0.2) is 24.3 Å². The first-order chi connectivity index (χ1) is 8.11. The minimum atomic E-state index is -0.255. The van der Waals surface area contributed by atoms with Crippen molar-refractivity contribution in [1.29, 1.82) is 5.26 Å². The summed E-state index contributed by atoms with van der Waals surface area (Å²) in [5.74, 6) is 0.558. The molecule has 1 rings (SSSR count). The minimum absolute atomic E-state index is 0.103. The molecule has 0 saturated carbocycles. The van der Waals surface area contributed by atoms with Crippen molar-refractivity contribution >= 4 is 5.91 Å². The van der Waals surface area contributed by atoms with E-state index < -0.39 is 0 Å². The van der Waals surface area contributed by atoms with E-state index in [1.54, 1.807) is 6.07 Å². The van der Waals surface area contributed by atoms with Gasteiger partial charge < -0.3 is 10.1 Å². The Kier molecular flexibility index (Phi) is 5.02. The van der Waals surface area contributed by atoms with Gasteiger partial charge in [0.15, 0.2) is 0 Å². The maximum atomic E-state index is 11.1. The Morgan fingerprint density at radius 1 is 1.41 bits per heavy atom. The number of nitrogens with one attached hydrogen (secondary N) is 1. The van der Waals surface area contributed by atoms with Gasteiger partial charge in [-0.25, -0.2) is 0 Å². The van der Waals surface area contributed by atoms with Crippen LogP contribution < -0.4 is 10.1 Å². The summed E-state index contributed by atoms with van der Waals surface area (Å²) in [5, 5.41) is 11.0. The summed E-state index contributed by atoms with van der Waals surface area (Å²) in [6.07, 6.45) is 0.0466. The fourth-order valence-corrected chi connectivity index (χ4v) is 1.29. The zero-order chi connectivity index (χ0) is 12.7. The lowest BCUT2D eigenvalue weighted by molar-refractivity contribution is -0.120. The fraction of sp³-hybridized carbons (Fsp3) is 0.385. The molecule has 1 amide bonds. The van der Waals surface area contributed by atoms with E-state index >= 15 is 0 Å². The lowest BCUT2D eigenvalue weighted by Gasteiger charge is -2.10. The number of amides is 1. The van der Waals surface area contributed by atoms with Gasteiger partial charge in [0.05, 0.1) is 12.2 Å². The van der Waals surface area contributed by atoms with Crippen LogP contribution in [0.1, 0.15) is 25.8 Å². The van der Waals surface area contributed by atoms with Crippen LogP contribution >= 0.6 is 0 Å². The van der Waals surface area contributed by atoms with E-state index in [-0.39, 0.29) is 18.4 Å². The van der Waals surface area contributed by atoms with Gasteiger partial charge in [-0.15, -0.1) is 0 Å². The molecular formula is C13H16N2O2. The first-order valence-corrected chi connectivity index (χ1v) is 5.51.